The number of nitrogens with one attached hydrogen (secondary N) is 1. The molecular formula is C17H18N2OS. The van der Waals surface area contributed by atoms with Crippen LogP contribution in [0.15, 0.2) is 59.5 Å². The fraction of sp³-hybridized carbons (Fsp3) is 0.235. The predicted molar refractivity (Wildman–Crippen MR) is 86.5 cm³/mol. The summed E-state index contributed by atoms with van der Waals surface area (Å²) in [6.45, 7) is 0. The highest BCUT2D eigenvalue weighted by Gasteiger charge is 2.30. The van der Waals surface area contributed by atoms with Crippen molar-refractivity contribution in [2.45, 2.75) is 10.4 Å². The minimum absolute atomic E-state index is 0.622. The lowest BCUT2D eigenvalue weighted by atomic mass is 9.94. The average Bonchev–Trinajstić information content (AvgIpc) is 2.57. The molecule has 0 spiro atoms. The molecule has 0 amide bonds. The highest BCUT2D eigenvalue weighted by molar-refractivity contribution is 7.99. The molecule has 0 radical (unpaired) electrons. The van der Waals surface area contributed by atoms with Crippen LogP contribution in [0.1, 0.15) is 5.56 Å². The number of methoxy groups -OCH3 is 1. The molecule has 0 aromatic heterocycles. The van der Waals surface area contributed by atoms with E-state index >= 15 is 0 Å². The van der Waals surface area contributed by atoms with E-state index in [9.17, 15) is 5.26 Å². The number of nitriles is 1. The minimum Gasteiger partial charge on any atom is -0.497 e. The maximum Gasteiger partial charge on any atom is 0.141 e. The summed E-state index contributed by atoms with van der Waals surface area (Å²) in [5.41, 5.74) is 0.278. The van der Waals surface area contributed by atoms with Crippen molar-refractivity contribution >= 4 is 11.8 Å². The highest BCUT2D eigenvalue weighted by Crippen LogP contribution is 2.30. The van der Waals surface area contributed by atoms with Gasteiger partial charge in [0.2, 0.25) is 0 Å². The molecule has 0 aliphatic rings. The summed E-state index contributed by atoms with van der Waals surface area (Å²) in [6.07, 6.45) is 0. The molecule has 108 valence electrons. The molecule has 1 N–H and O–H groups in total. The fourth-order valence-corrected chi connectivity index (χ4v) is 3.19. The van der Waals surface area contributed by atoms with Crippen molar-refractivity contribution in [3.63, 3.8) is 0 Å². The Balaban J connectivity index is 2.19. The molecule has 0 heterocycles. The summed E-state index contributed by atoms with van der Waals surface area (Å²) in [7, 11) is 3.48. The molecule has 0 aliphatic carbocycles. The second-order valence-electron chi connectivity index (χ2n) is 4.60. The lowest BCUT2D eigenvalue weighted by Crippen LogP contribution is -2.41. The van der Waals surface area contributed by atoms with E-state index in [0.717, 1.165) is 16.2 Å². The molecule has 0 aliphatic heterocycles. The van der Waals surface area contributed by atoms with Crippen LogP contribution in [0.2, 0.25) is 0 Å². The Bertz CT molecular complexity index is 624. The second-order valence-corrected chi connectivity index (χ2v) is 5.65. The summed E-state index contributed by atoms with van der Waals surface area (Å²) >= 11 is 1.64. The number of nitrogens with zero attached hydrogens (tertiary/aromatic N) is 1. The first kappa shape index (κ1) is 15.4. The Labute approximate surface area is 129 Å². The first-order valence-electron chi connectivity index (χ1n) is 6.66. The van der Waals surface area contributed by atoms with Crippen molar-refractivity contribution in [1.82, 2.24) is 5.32 Å². The Morgan fingerprint density at radius 1 is 1.19 bits per heavy atom. The van der Waals surface area contributed by atoms with Gasteiger partial charge in [0.05, 0.1) is 13.2 Å². The molecule has 0 bridgehead atoms. The molecule has 0 fully saturated rings. The monoisotopic (exact) mass is 298 g/mol. The van der Waals surface area contributed by atoms with Crippen molar-refractivity contribution in [2.75, 3.05) is 19.9 Å². The van der Waals surface area contributed by atoms with Crippen LogP contribution in [0.25, 0.3) is 0 Å². The molecule has 0 saturated heterocycles. The van der Waals surface area contributed by atoms with Gasteiger partial charge in [-0.1, -0.05) is 36.4 Å². The maximum atomic E-state index is 9.66. The zero-order valence-electron chi connectivity index (χ0n) is 12.2. The van der Waals surface area contributed by atoms with Crippen molar-refractivity contribution in [3.05, 3.63) is 60.2 Å². The van der Waals surface area contributed by atoms with Crippen molar-refractivity contribution in [1.29, 1.82) is 5.26 Å². The smallest absolute Gasteiger partial charge is 0.141 e. The molecular weight excluding hydrogens is 280 g/mol. The Kier molecular flexibility index (Phi) is 5.26. The van der Waals surface area contributed by atoms with Gasteiger partial charge in [-0.25, -0.2) is 0 Å². The van der Waals surface area contributed by atoms with Gasteiger partial charge in [0, 0.05) is 10.6 Å². The van der Waals surface area contributed by atoms with Gasteiger partial charge in [-0.3, -0.25) is 5.32 Å². The van der Waals surface area contributed by atoms with Crippen LogP contribution in [0.5, 0.6) is 5.75 Å². The SMILES string of the molecule is CNC(C#N)(CSc1cccc(OC)c1)c1ccccc1. The first-order chi connectivity index (χ1) is 10.2. The molecule has 2 aromatic rings. The summed E-state index contributed by atoms with van der Waals surface area (Å²) < 4.78 is 5.23. The van der Waals surface area contributed by atoms with E-state index in [1.165, 1.54) is 0 Å². The summed E-state index contributed by atoms with van der Waals surface area (Å²) in [5, 5.41) is 12.8. The maximum absolute atomic E-state index is 9.66. The minimum atomic E-state index is -0.699. The van der Waals surface area contributed by atoms with Crippen molar-refractivity contribution in [3.8, 4) is 11.8 Å². The van der Waals surface area contributed by atoms with Crippen LogP contribution < -0.4 is 10.1 Å². The fourth-order valence-electron chi connectivity index (χ4n) is 2.06. The Morgan fingerprint density at radius 2 is 1.95 bits per heavy atom. The number of ether oxygens (including phenoxy) is 1. The van der Waals surface area contributed by atoms with Crippen LogP contribution in [0.4, 0.5) is 0 Å². The molecule has 2 aromatic carbocycles. The van der Waals surface area contributed by atoms with Gasteiger partial charge in [0.25, 0.3) is 0 Å². The largest absolute Gasteiger partial charge is 0.497 e. The van der Waals surface area contributed by atoms with E-state index in [1.54, 1.807) is 18.9 Å². The quantitative estimate of drug-likeness (QED) is 0.830. The number of hydrogen-bond donors (Lipinski definition) is 1. The highest BCUT2D eigenvalue weighted by atomic mass is 32.2. The molecule has 1 atom stereocenters. The zero-order chi connectivity index (χ0) is 15.1. The van der Waals surface area contributed by atoms with Crippen LogP contribution in [0, 0.1) is 11.3 Å². The number of benzene rings is 2. The predicted octanol–water partition coefficient (Wildman–Crippen LogP) is 3.43. The van der Waals surface area contributed by atoms with Gasteiger partial charge < -0.3 is 4.74 Å². The van der Waals surface area contributed by atoms with Gasteiger partial charge in [-0.2, -0.15) is 5.26 Å². The third kappa shape index (κ3) is 3.57. The van der Waals surface area contributed by atoms with Gasteiger partial charge in [0.15, 0.2) is 0 Å². The lowest BCUT2D eigenvalue weighted by Gasteiger charge is -2.26. The first-order valence-corrected chi connectivity index (χ1v) is 7.65. The molecule has 1 unspecified atom stereocenters. The van der Waals surface area contributed by atoms with Gasteiger partial charge >= 0.3 is 0 Å². The average molecular weight is 298 g/mol. The summed E-state index contributed by atoms with van der Waals surface area (Å²) in [6, 6.07) is 20.1. The molecule has 0 saturated carbocycles. The second kappa shape index (κ2) is 7.16. The van der Waals surface area contributed by atoms with E-state index < -0.39 is 5.54 Å². The van der Waals surface area contributed by atoms with Gasteiger partial charge in [-0.05, 0) is 30.8 Å². The third-order valence-electron chi connectivity index (χ3n) is 3.38. The normalized spacial score (nSPS) is 13.2. The van der Waals surface area contributed by atoms with Crippen molar-refractivity contribution in [2.24, 2.45) is 0 Å². The number of rotatable bonds is 6. The molecule has 21 heavy (non-hydrogen) atoms. The molecule has 4 heteroatoms. The van der Waals surface area contributed by atoms with E-state index in [1.807, 2.05) is 61.6 Å². The van der Waals surface area contributed by atoms with Crippen LogP contribution in [-0.2, 0) is 5.54 Å². The van der Waals surface area contributed by atoms with Gasteiger partial charge in [-0.15, -0.1) is 11.8 Å². The topological polar surface area (TPSA) is 45.0 Å². The Morgan fingerprint density at radius 3 is 2.57 bits per heavy atom. The van der Waals surface area contributed by atoms with Crippen LogP contribution >= 0.6 is 11.8 Å². The standard InChI is InChI=1S/C17H18N2OS/c1-19-17(12-18,14-7-4-3-5-8-14)13-21-16-10-6-9-15(11-16)20-2/h3-11,19H,13H2,1-2H3. The van der Waals surface area contributed by atoms with E-state index in [0.29, 0.717) is 5.75 Å². The van der Waals surface area contributed by atoms with Crippen molar-refractivity contribution < 1.29 is 4.74 Å². The molecule has 3 nitrogen and oxygen atoms in total. The van der Waals surface area contributed by atoms with E-state index in [-0.39, 0.29) is 0 Å². The summed E-state index contributed by atoms with van der Waals surface area (Å²) in [5.74, 6) is 1.45. The van der Waals surface area contributed by atoms with E-state index in [2.05, 4.69) is 11.4 Å². The van der Waals surface area contributed by atoms with E-state index in [4.69, 9.17) is 4.74 Å². The van der Waals surface area contributed by atoms with Crippen LogP contribution in [-0.4, -0.2) is 19.9 Å². The Hall–Kier alpha value is -1.96. The zero-order valence-corrected chi connectivity index (χ0v) is 13.0. The van der Waals surface area contributed by atoms with Gasteiger partial charge in [0.1, 0.15) is 11.3 Å². The number of thioether (sulfide) groups is 1. The molecule has 2 rings (SSSR count). The lowest BCUT2D eigenvalue weighted by molar-refractivity contribution is 0.413. The summed E-state index contributed by atoms with van der Waals surface area (Å²) in [4.78, 5) is 1.08. The van der Waals surface area contributed by atoms with Crippen LogP contribution in [0.3, 0.4) is 0 Å². The third-order valence-corrected chi connectivity index (χ3v) is 4.55. The number of hydrogen-bond acceptors (Lipinski definition) is 4.